The van der Waals surface area contributed by atoms with Crippen LogP contribution in [0.3, 0.4) is 0 Å². The summed E-state index contributed by atoms with van der Waals surface area (Å²) in [5, 5.41) is 5.29. The van der Waals surface area contributed by atoms with E-state index in [4.69, 9.17) is 10.5 Å². The number of carbonyl (C=O) groups is 2. The van der Waals surface area contributed by atoms with Gasteiger partial charge in [0.25, 0.3) is 0 Å². The van der Waals surface area contributed by atoms with Crippen molar-refractivity contribution in [3.63, 3.8) is 0 Å². The minimum absolute atomic E-state index is 0.0651. The fourth-order valence-electron chi connectivity index (χ4n) is 1.39. The van der Waals surface area contributed by atoms with E-state index in [1.54, 1.807) is 38.2 Å². The summed E-state index contributed by atoms with van der Waals surface area (Å²) in [7, 11) is 1.59. The van der Waals surface area contributed by atoms with E-state index in [0.717, 1.165) is 0 Å². The molecule has 0 aliphatic rings. The second-order valence-electron chi connectivity index (χ2n) is 4.42. The van der Waals surface area contributed by atoms with Crippen molar-refractivity contribution in [2.45, 2.75) is 13.3 Å². The highest BCUT2D eigenvalue weighted by Crippen LogP contribution is 2.16. The Morgan fingerprint density at radius 3 is 2.50 bits per heavy atom. The molecule has 0 aromatic heterocycles. The van der Waals surface area contributed by atoms with Gasteiger partial charge in [-0.05, 0) is 24.3 Å². The van der Waals surface area contributed by atoms with Gasteiger partial charge in [-0.15, -0.1) is 0 Å². The Morgan fingerprint density at radius 1 is 1.30 bits per heavy atom. The summed E-state index contributed by atoms with van der Waals surface area (Å²) in [6.07, 6.45) is 0.309. The molecule has 0 saturated carbocycles. The molecule has 2 amide bonds. The highest BCUT2D eigenvalue weighted by molar-refractivity contribution is 5.92. The molecular weight excluding hydrogens is 258 g/mol. The quantitative estimate of drug-likeness (QED) is 0.686. The van der Waals surface area contributed by atoms with Crippen LogP contribution < -0.4 is 21.1 Å². The first-order valence-electron chi connectivity index (χ1n) is 6.51. The van der Waals surface area contributed by atoms with E-state index in [2.05, 4.69) is 10.6 Å². The minimum Gasteiger partial charge on any atom is -0.493 e. The SMILES string of the molecule is CNC(=O)CCOc1ccc(NC(=O)C(C)CN)cc1. The maximum atomic E-state index is 11.6. The van der Waals surface area contributed by atoms with Crippen molar-refractivity contribution in [3.05, 3.63) is 24.3 Å². The Labute approximate surface area is 118 Å². The van der Waals surface area contributed by atoms with Crippen LogP contribution in [-0.2, 0) is 9.59 Å². The Kier molecular flexibility index (Phi) is 6.52. The lowest BCUT2D eigenvalue weighted by Gasteiger charge is -2.11. The Balaban J connectivity index is 2.44. The van der Waals surface area contributed by atoms with E-state index in [9.17, 15) is 9.59 Å². The second kappa shape index (κ2) is 8.16. The summed E-state index contributed by atoms with van der Waals surface area (Å²) in [4.78, 5) is 22.7. The Morgan fingerprint density at radius 2 is 1.95 bits per heavy atom. The standard InChI is InChI=1S/C14H21N3O3/c1-10(9-15)14(19)17-11-3-5-12(6-4-11)20-8-7-13(18)16-2/h3-6,10H,7-9,15H2,1-2H3,(H,16,18)(H,17,19). The summed E-state index contributed by atoms with van der Waals surface area (Å²) < 4.78 is 5.41. The van der Waals surface area contributed by atoms with Crippen LogP contribution in [0, 0.1) is 5.92 Å². The first-order chi connectivity index (χ1) is 9.56. The maximum absolute atomic E-state index is 11.6. The van der Waals surface area contributed by atoms with Gasteiger partial charge in [-0.1, -0.05) is 6.92 Å². The summed E-state index contributed by atoms with van der Waals surface area (Å²) in [6, 6.07) is 6.98. The topological polar surface area (TPSA) is 93.5 Å². The molecule has 0 aliphatic heterocycles. The third-order valence-corrected chi connectivity index (χ3v) is 2.80. The molecule has 1 aromatic carbocycles. The Bertz CT molecular complexity index is 445. The number of nitrogens with two attached hydrogens (primary N) is 1. The van der Waals surface area contributed by atoms with Gasteiger partial charge in [0.2, 0.25) is 11.8 Å². The van der Waals surface area contributed by atoms with Crippen LogP contribution in [0.1, 0.15) is 13.3 Å². The van der Waals surface area contributed by atoms with Crippen molar-refractivity contribution < 1.29 is 14.3 Å². The molecule has 6 nitrogen and oxygen atoms in total. The number of rotatable bonds is 7. The van der Waals surface area contributed by atoms with Crippen molar-refractivity contribution in [1.29, 1.82) is 0 Å². The third kappa shape index (κ3) is 5.27. The van der Waals surface area contributed by atoms with Crippen LogP contribution in [0.4, 0.5) is 5.69 Å². The molecule has 0 saturated heterocycles. The van der Waals surface area contributed by atoms with E-state index in [1.165, 1.54) is 0 Å². The van der Waals surface area contributed by atoms with E-state index in [1.807, 2.05) is 0 Å². The van der Waals surface area contributed by atoms with Crippen molar-refractivity contribution in [2.24, 2.45) is 11.7 Å². The van der Waals surface area contributed by atoms with E-state index < -0.39 is 0 Å². The Hall–Kier alpha value is -2.08. The van der Waals surface area contributed by atoms with Crippen molar-refractivity contribution in [3.8, 4) is 5.75 Å². The van der Waals surface area contributed by atoms with Gasteiger partial charge < -0.3 is 21.1 Å². The minimum atomic E-state index is -0.224. The van der Waals surface area contributed by atoms with Gasteiger partial charge in [0, 0.05) is 25.2 Å². The number of anilines is 1. The molecule has 20 heavy (non-hydrogen) atoms. The molecule has 4 N–H and O–H groups in total. The molecule has 1 atom stereocenters. The number of nitrogens with one attached hydrogen (secondary N) is 2. The molecule has 110 valence electrons. The number of amides is 2. The number of carbonyl (C=O) groups excluding carboxylic acids is 2. The van der Waals surface area contributed by atoms with Gasteiger partial charge in [0.1, 0.15) is 5.75 Å². The zero-order valence-corrected chi connectivity index (χ0v) is 11.8. The predicted octanol–water partition coefficient (Wildman–Crippen LogP) is 0.735. The number of hydrogen-bond acceptors (Lipinski definition) is 4. The lowest BCUT2D eigenvalue weighted by Crippen LogP contribution is -2.26. The number of hydrogen-bond donors (Lipinski definition) is 3. The number of ether oxygens (including phenoxy) is 1. The molecule has 0 bridgehead atoms. The molecule has 0 aliphatic carbocycles. The summed E-state index contributed by atoms with van der Waals surface area (Å²) >= 11 is 0. The van der Waals surface area contributed by atoms with Crippen LogP contribution in [-0.4, -0.2) is 32.0 Å². The fourth-order valence-corrected chi connectivity index (χ4v) is 1.39. The van der Waals surface area contributed by atoms with Crippen molar-refractivity contribution in [2.75, 3.05) is 25.5 Å². The smallest absolute Gasteiger partial charge is 0.228 e. The van der Waals surface area contributed by atoms with E-state index >= 15 is 0 Å². The molecule has 1 unspecified atom stereocenters. The molecule has 1 aromatic rings. The first kappa shape index (κ1) is 16.0. The summed E-state index contributed by atoms with van der Waals surface area (Å²) in [5.41, 5.74) is 6.12. The predicted molar refractivity (Wildman–Crippen MR) is 77.5 cm³/mol. The van der Waals surface area contributed by atoms with Gasteiger partial charge >= 0.3 is 0 Å². The number of benzene rings is 1. The average Bonchev–Trinajstić information content (AvgIpc) is 2.47. The highest BCUT2D eigenvalue weighted by atomic mass is 16.5. The van der Waals surface area contributed by atoms with Crippen LogP contribution >= 0.6 is 0 Å². The highest BCUT2D eigenvalue weighted by Gasteiger charge is 2.10. The summed E-state index contributed by atoms with van der Waals surface area (Å²) in [5.74, 6) is 0.252. The van der Waals surface area contributed by atoms with Gasteiger partial charge in [-0.2, -0.15) is 0 Å². The van der Waals surface area contributed by atoms with Crippen LogP contribution in [0.15, 0.2) is 24.3 Å². The normalized spacial score (nSPS) is 11.6. The van der Waals surface area contributed by atoms with Gasteiger partial charge in [0.15, 0.2) is 0 Å². The molecule has 6 heteroatoms. The third-order valence-electron chi connectivity index (χ3n) is 2.80. The van der Waals surface area contributed by atoms with Crippen LogP contribution in [0.5, 0.6) is 5.75 Å². The van der Waals surface area contributed by atoms with Crippen LogP contribution in [0.25, 0.3) is 0 Å². The summed E-state index contributed by atoms with van der Waals surface area (Å²) in [6.45, 7) is 2.40. The molecule has 0 radical (unpaired) electrons. The molecule has 1 rings (SSSR count). The first-order valence-corrected chi connectivity index (χ1v) is 6.51. The largest absolute Gasteiger partial charge is 0.493 e. The zero-order chi connectivity index (χ0) is 15.0. The zero-order valence-electron chi connectivity index (χ0n) is 11.8. The molecule has 0 heterocycles. The van der Waals surface area contributed by atoms with E-state index in [0.29, 0.717) is 31.0 Å². The second-order valence-corrected chi connectivity index (χ2v) is 4.42. The molecule has 0 spiro atoms. The van der Waals surface area contributed by atoms with Crippen LogP contribution in [0.2, 0.25) is 0 Å². The molecular formula is C14H21N3O3. The van der Waals surface area contributed by atoms with Gasteiger partial charge in [-0.25, -0.2) is 0 Å². The lowest BCUT2D eigenvalue weighted by atomic mass is 10.1. The van der Waals surface area contributed by atoms with Gasteiger partial charge in [0.05, 0.1) is 13.0 Å². The maximum Gasteiger partial charge on any atom is 0.228 e. The van der Waals surface area contributed by atoms with Gasteiger partial charge in [-0.3, -0.25) is 9.59 Å². The van der Waals surface area contributed by atoms with Crippen molar-refractivity contribution in [1.82, 2.24) is 5.32 Å². The van der Waals surface area contributed by atoms with E-state index in [-0.39, 0.29) is 17.7 Å². The average molecular weight is 279 g/mol. The lowest BCUT2D eigenvalue weighted by molar-refractivity contribution is -0.121. The fraction of sp³-hybridized carbons (Fsp3) is 0.429. The monoisotopic (exact) mass is 279 g/mol. The van der Waals surface area contributed by atoms with Crippen molar-refractivity contribution >= 4 is 17.5 Å². The molecule has 0 fully saturated rings.